The number of esters is 1. The number of benzene rings is 1. The average Bonchev–Trinajstić information content (AvgIpc) is 3.31. The molecule has 0 bridgehead atoms. The highest BCUT2D eigenvalue weighted by molar-refractivity contribution is 6.13. The Morgan fingerprint density at radius 3 is 1.96 bits per heavy atom. The number of carbonyl (C=O) groups excluding carboxylic acids is 7. The third-order valence-corrected chi connectivity index (χ3v) is 6.83. The normalized spacial score (nSPS) is 15.0. The SMILES string of the molecule is CC(=O)OCc1ccc(NC(=O)[C@H](CC(C)C)NC(=O)[C@H](CCC(=O)O)NC(=O)[C@@H](NC(=O)CCN2C(=O)C=CC2=O)C(C)O)cc1. The number of nitrogens with one attached hydrogen (secondary N) is 4. The van der Waals surface area contributed by atoms with Crippen LogP contribution in [0.2, 0.25) is 0 Å². The van der Waals surface area contributed by atoms with Crippen LogP contribution in [0.4, 0.5) is 5.69 Å². The van der Waals surface area contributed by atoms with Gasteiger partial charge >= 0.3 is 11.9 Å². The number of carboxylic acid groups (broad SMARTS) is 1. The Bertz CT molecular complexity index is 1360. The van der Waals surface area contributed by atoms with Gasteiger partial charge in [0.1, 0.15) is 24.7 Å². The highest BCUT2D eigenvalue weighted by atomic mass is 16.5. The van der Waals surface area contributed by atoms with Crippen molar-refractivity contribution in [2.75, 3.05) is 11.9 Å². The van der Waals surface area contributed by atoms with E-state index in [9.17, 15) is 48.6 Å². The molecule has 6 amide bonds. The molecule has 6 N–H and O–H groups in total. The fraction of sp³-hybridized carbons (Fsp3) is 0.484. The summed E-state index contributed by atoms with van der Waals surface area (Å²) in [5.74, 6) is -6.20. The monoisotopic (exact) mass is 659 g/mol. The van der Waals surface area contributed by atoms with Crippen LogP contribution in [0, 0.1) is 5.92 Å². The smallest absolute Gasteiger partial charge is 0.303 e. The Balaban J connectivity index is 2.12. The Labute approximate surface area is 271 Å². The number of anilines is 1. The molecule has 0 fully saturated rings. The molecule has 1 aromatic carbocycles. The summed E-state index contributed by atoms with van der Waals surface area (Å²) in [5, 5.41) is 29.4. The Morgan fingerprint density at radius 2 is 1.43 bits per heavy atom. The molecule has 256 valence electrons. The predicted octanol–water partition coefficient (Wildman–Crippen LogP) is -0.251. The van der Waals surface area contributed by atoms with Gasteiger partial charge in [-0.2, -0.15) is 0 Å². The van der Waals surface area contributed by atoms with Crippen LogP contribution in [-0.4, -0.2) is 93.3 Å². The minimum atomic E-state index is -1.58. The first kappa shape index (κ1) is 38.1. The van der Waals surface area contributed by atoms with Gasteiger partial charge in [0.15, 0.2) is 0 Å². The number of nitrogens with zero attached hydrogens (tertiary/aromatic N) is 1. The van der Waals surface area contributed by atoms with Crippen molar-refractivity contribution in [2.24, 2.45) is 5.92 Å². The van der Waals surface area contributed by atoms with Crippen molar-refractivity contribution < 1.29 is 53.3 Å². The summed E-state index contributed by atoms with van der Waals surface area (Å²) in [7, 11) is 0. The molecule has 4 atom stereocenters. The van der Waals surface area contributed by atoms with Gasteiger partial charge in [0, 0.05) is 44.1 Å². The van der Waals surface area contributed by atoms with Crippen molar-refractivity contribution in [1.29, 1.82) is 0 Å². The molecule has 1 aliphatic heterocycles. The standard InChI is InChI=1S/C31H41N5O11/c1-17(2)15-23(30(45)32-21-7-5-20(6-8-21)16-47-19(4)38)34-29(44)22(9-12-27(42)43)33-31(46)28(18(3)37)35-24(39)13-14-36-25(40)10-11-26(36)41/h5-8,10-11,17-18,22-23,28,37H,9,12-16H2,1-4H3,(H,32,45)(H,33,46)(H,34,44)(H,35,39)(H,42,43)/t18?,22-,23-,28-/m0/s1. The number of carbonyl (C=O) groups is 8. The van der Waals surface area contributed by atoms with Crippen molar-refractivity contribution in [3.63, 3.8) is 0 Å². The summed E-state index contributed by atoms with van der Waals surface area (Å²) in [6.45, 7) is 5.91. The number of hydrogen-bond acceptors (Lipinski definition) is 10. The van der Waals surface area contributed by atoms with Crippen LogP contribution in [-0.2, 0) is 49.7 Å². The van der Waals surface area contributed by atoms with Crippen LogP contribution in [0.3, 0.4) is 0 Å². The molecule has 0 spiro atoms. The molecule has 16 nitrogen and oxygen atoms in total. The van der Waals surface area contributed by atoms with Gasteiger partial charge in [0.2, 0.25) is 23.6 Å². The van der Waals surface area contributed by atoms with Gasteiger partial charge in [-0.1, -0.05) is 26.0 Å². The number of aliphatic carboxylic acids is 1. The number of aliphatic hydroxyl groups is 1. The lowest BCUT2D eigenvalue weighted by molar-refractivity contribution is -0.142. The summed E-state index contributed by atoms with van der Waals surface area (Å²) >= 11 is 0. The zero-order valence-corrected chi connectivity index (χ0v) is 26.6. The largest absolute Gasteiger partial charge is 0.481 e. The second kappa shape index (κ2) is 18.1. The summed E-state index contributed by atoms with van der Waals surface area (Å²) in [4.78, 5) is 98.9. The molecule has 16 heteroatoms. The molecule has 0 saturated heterocycles. The van der Waals surface area contributed by atoms with Crippen LogP contribution in [0.15, 0.2) is 36.4 Å². The van der Waals surface area contributed by atoms with Crippen molar-refractivity contribution >= 4 is 53.1 Å². The first-order valence-corrected chi connectivity index (χ1v) is 14.9. The lowest BCUT2D eigenvalue weighted by atomic mass is 10.0. The van der Waals surface area contributed by atoms with Crippen molar-refractivity contribution in [3.8, 4) is 0 Å². The van der Waals surface area contributed by atoms with E-state index in [2.05, 4.69) is 21.3 Å². The molecule has 0 saturated carbocycles. The average molecular weight is 660 g/mol. The molecule has 1 unspecified atom stereocenters. The number of aliphatic hydroxyl groups excluding tert-OH is 1. The summed E-state index contributed by atoms with van der Waals surface area (Å²) in [5.41, 5.74) is 1.08. The van der Waals surface area contributed by atoms with Crippen molar-refractivity contribution in [2.45, 2.75) is 84.2 Å². The Hall–Kier alpha value is -5.12. The molecular formula is C31H41N5O11. The maximum atomic E-state index is 13.4. The molecule has 1 heterocycles. The zero-order chi connectivity index (χ0) is 35.3. The number of carboxylic acids is 1. The summed E-state index contributed by atoms with van der Waals surface area (Å²) in [6.07, 6.45) is -0.452. The van der Waals surface area contributed by atoms with Crippen LogP contribution in [0.5, 0.6) is 0 Å². The summed E-state index contributed by atoms with van der Waals surface area (Å²) in [6, 6.07) is 2.32. The van der Waals surface area contributed by atoms with Crippen LogP contribution in [0.1, 0.15) is 58.9 Å². The number of rotatable bonds is 18. The summed E-state index contributed by atoms with van der Waals surface area (Å²) < 4.78 is 4.94. The number of hydrogen-bond donors (Lipinski definition) is 6. The second-order valence-electron chi connectivity index (χ2n) is 11.3. The lowest BCUT2D eigenvalue weighted by Gasteiger charge is -2.27. The van der Waals surface area contributed by atoms with Gasteiger partial charge in [-0.15, -0.1) is 0 Å². The van der Waals surface area contributed by atoms with E-state index in [0.29, 0.717) is 11.3 Å². The first-order valence-electron chi connectivity index (χ1n) is 14.9. The molecule has 47 heavy (non-hydrogen) atoms. The first-order chi connectivity index (χ1) is 22.1. The molecule has 0 aromatic heterocycles. The number of amides is 6. The van der Waals surface area contributed by atoms with Crippen molar-refractivity contribution in [3.05, 3.63) is 42.0 Å². The van der Waals surface area contributed by atoms with E-state index in [0.717, 1.165) is 17.1 Å². The molecule has 2 rings (SSSR count). The van der Waals surface area contributed by atoms with E-state index in [1.54, 1.807) is 24.3 Å². The van der Waals surface area contributed by atoms with Gasteiger partial charge in [0.05, 0.1) is 6.10 Å². The fourth-order valence-electron chi connectivity index (χ4n) is 4.39. The van der Waals surface area contributed by atoms with E-state index in [1.165, 1.54) is 13.8 Å². The number of ether oxygens (including phenoxy) is 1. The van der Waals surface area contributed by atoms with Crippen molar-refractivity contribution in [1.82, 2.24) is 20.9 Å². The Kier molecular flexibility index (Phi) is 14.7. The van der Waals surface area contributed by atoms with Gasteiger partial charge in [-0.25, -0.2) is 0 Å². The quantitative estimate of drug-likeness (QED) is 0.0887. The third-order valence-electron chi connectivity index (χ3n) is 6.83. The van der Waals surface area contributed by atoms with E-state index >= 15 is 0 Å². The minimum Gasteiger partial charge on any atom is -0.481 e. The van der Waals surface area contributed by atoms with Crippen LogP contribution >= 0.6 is 0 Å². The van der Waals surface area contributed by atoms with Gasteiger partial charge < -0.3 is 36.2 Å². The zero-order valence-electron chi connectivity index (χ0n) is 26.6. The minimum absolute atomic E-state index is 0.0526. The molecular weight excluding hydrogens is 618 g/mol. The second-order valence-corrected chi connectivity index (χ2v) is 11.3. The highest BCUT2D eigenvalue weighted by Gasteiger charge is 2.33. The van der Waals surface area contributed by atoms with Gasteiger partial charge in [-0.3, -0.25) is 43.3 Å². The molecule has 0 aliphatic carbocycles. The van der Waals surface area contributed by atoms with Gasteiger partial charge in [0.25, 0.3) is 11.8 Å². The van der Waals surface area contributed by atoms with E-state index < -0.39 is 78.0 Å². The molecule has 0 radical (unpaired) electrons. The highest BCUT2D eigenvalue weighted by Crippen LogP contribution is 2.14. The molecule has 1 aromatic rings. The van der Waals surface area contributed by atoms with Gasteiger partial charge in [-0.05, 0) is 43.4 Å². The maximum absolute atomic E-state index is 13.4. The Morgan fingerprint density at radius 1 is 0.830 bits per heavy atom. The topological polar surface area (TPSA) is 238 Å². The number of imide groups is 1. The lowest BCUT2D eigenvalue weighted by Crippen LogP contribution is -2.58. The van der Waals surface area contributed by atoms with E-state index in [4.69, 9.17) is 4.74 Å². The fourth-order valence-corrected chi connectivity index (χ4v) is 4.39. The van der Waals surface area contributed by atoms with Crippen LogP contribution < -0.4 is 21.3 Å². The van der Waals surface area contributed by atoms with E-state index in [1.807, 2.05) is 13.8 Å². The van der Waals surface area contributed by atoms with Crippen LogP contribution in [0.25, 0.3) is 0 Å². The molecule has 1 aliphatic rings. The third kappa shape index (κ3) is 13.0. The van der Waals surface area contributed by atoms with E-state index in [-0.39, 0.29) is 38.3 Å². The predicted molar refractivity (Wildman–Crippen MR) is 165 cm³/mol. The maximum Gasteiger partial charge on any atom is 0.303 e.